The molecule has 0 bridgehead atoms. The molecule has 0 aromatic carbocycles. The molecule has 0 N–H and O–H groups in total. The average Bonchev–Trinajstić information content (AvgIpc) is 3.71. The highest BCUT2D eigenvalue weighted by atomic mass is 16.7. The molecule has 89 heavy (non-hydrogen) atoms. The van der Waals surface area contributed by atoms with Gasteiger partial charge in [0.15, 0.2) is 12.4 Å². The number of hydrogen-bond donors (Lipinski definition) is 0. The van der Waals surface area contributed by atoms with Crippen LogP contribution in [0.25, 0.3) is 0 Å². The maximum absolute atomic E-state index is 12.9. The van der Waals surface area contributed by atoms with Crippen LogP contribution in [-0.4, -0.2) is 82.3 Å². The van der Waals surface area contributed by atoms with Crippen molar-refractivity contribution in [2.24, 2.45) is 0 Å². The molecule has 0 aromatic heterocycles. The summed E-state index contributed by atoms with van der Waals surface area (Å²) in [5.41, 5.74) is 0. The maximum atomic E-state index is 12.9. The molecule has 0 aliphatic carbocycles. The Labute approximate surface area is 547 Å². The second-order valence-corrected chi connectivity index (χ2v) is 24.8. The lowest BCUT2D eigenvalue weighted by atomic mass is 10.0. The van der Waals surface area contributed by atoms with Gasteiger partial charge < -0.3 is 33.3 Å². The van der Waals surface area contributed by atoms with Crippen LogP contribution in [0.1, 0.15) is 284 Å². The topological polar surface area (TPSA) is 111 Å². The molecule has 0 aliphatic heterocycles. The first-order valence-electron chi connectivity index (χ1n) is 36.0. The lowest BCUT2D eigenvalue weighted by Crippen LogP contribution is -2.44. The van der Waals surface area contributed by atoms with Gasteiger partial charge in [-0.25, -0.2) is 0 Å². The van der Waals surface area contributed by atoms with Gasteiger partial charge in [0, 0.05) is 12.8 Å². The average molecular weight is 1240 g/mol. The quantitative estimate of drug-likeness (QED) is 0.0195. The third-order valence-corrected chi connectivity index (χ3v) is 15.1. The lowest BCUT2D eigenvalue weighted by molar-refractivity contribution is -0.870. The minimum absolute atomic E-state index is 0.139. The summed E-state index contributed by atoms with van der Waals surface area (Å²) in [7, 11) is 5.92. The standard InChI is InChI=1S/C80H133NO8/c1-6-8-10-12-14-16-18-20-22-24-26-28-30-32-34-36-37-38-39-40-41-43-44-46-48-50-52-54-56-58-60-62-64-66-68-70-77(82)87-74-76(75-88-80(79(84)85)86-73-72-81(3,4)5)89-78(83)71-69-67-65-63-61-59-57-55-53-51-49-47-45-42-35-33-31-29-27-25-23-21-19-17-15-13-11-9-7-2/h8-11,14-17,20-23,26-29,32-35,45,47,51,53,76,80H,6-7,12-13,18-19,24-25,30-31,36-44,46,48-50,52,54-75H2,1-5H3/b10-8-,11-9-,16-14-,17-15-,22-20-,23-21-,28-26-,29-27-,34-32-,35-33-,47-45-,53-51-. The zero-order chi connectivity index (χ0) is 64.7. The number of carboxylic acids is 1. The number of quaternary nitrogens is 1. The smallest absolute Gasteiger partial charge is 0.306 e. The Bertz CT molecular complexity index is 1970. The van der Waals surface area contributed by atoms with E-state index in [-0.39, 0.29) is 38.6 Å². The van der Waals surface area contributed by atoms with E-state index in [9.17, 15) is 19.5 Å². The number of carboxylic acid groups (broad SMARTS) is 1. The van der Waals surface area contributed by atoms with E-state index < -0.39 is 24.3 Å². The Morgan fingerprint density at radius 1 is 0.337 bits per heavy atom. The number of esters is 2. The second-order valence-electron chi connectivity index (χ2n) is 24.8. The molecule has 0 rings (SSSR count). The van der Waals surface area contributed by atoms with Crippen molar-refractivity contribution in [2.75, 3.05) is 47.5 Å². The molecule has 0 aromatic rings. The highest BCUT2D eigenvalue weighted by molar-refractivity contribution is 5.70. The second kappa shape index (κ2) is 69.1. The van der Waals surface area contributed by atoms with Crippen LogP contribution in [-0.2, 0) is 33.3 Å². The molecule has 9 nitrogen and oxygen atoms in total. The summed E-state index contributed by atoms with van der Waals surface area (Å²) in [5.74, 6) is -2.30. The molecular weight excluding hydrogens is 1100 g/mol. The number of aliphatic carboxylic acids is 1. The highest BCUT2D eigenvalue weighted by Gasteiger charge is 2.22. The number of hydrogen-bond acceptors (Lipinski definition) is 8. The molecule has 2 atom stereocenters. The Kier molecular flexibility index (Phi) is 65.3. The van der Waals surface area contributed by atoms with Crippen molar-refractivity contribution >= 4 is 17.9 Å². The van der Waals surface area contributed by atoms with Crippen LogP contribution >= 0.6 is 0 Å². The minimum Gasteiger partial charge on any atom is -0.545 e. The SMILES string of the molecule is CC/C=C\C/C=C\C/C=C\C/C=C\C/C=C\C/C=C\C/C=C\CCCCCCCCCC(=O)OC(COC(=O)CCCCCCCCCCCCCCCCCCCCC/C=C\C/C=C\C/C=C\C/C=C\C/C=C\CC)COC(OCC[N+](C)(C)C)C(=O)[O-]. The van der Waals surface area contributed by atoms with Crippen LogP contribution in [0, 0.1) is 0 Å². The summed E-state index contributed by atoms with van der Waals surface area (Å²) >= 11 is 0. The number of likely N-dealkylation sites (N-methyl/N-ethyl adjacent to an activating group) is 1. The van der Waals surface area contributed by atoms with Crippen molar-refractivity contribution in [3.05, 3.63) is 146 Å². The van der Waals surface area contributed by atoms with Gasteiger partial charge >= 0.3 is 11.9 Å². The summed E-state index contributed by atoms with van der Waals surface area (Å²) in [6.45, 7) is 4.51. The van der Waals surface area contributed by atoms with Gasteiger partial charge in [0.25, 0.3) is 0 Å². The van der Waals surface area contributed by atoms with E-state index >= 15 is 0 Å². The van der Waals surface area contributed by atoms with Gasteiger partial charge in [-0.15, -0.1) is 0 Å². The van der Waals surface area contributed by atoms with Crippen molar-refractivity contribution in [2.45, 2.75) is 296 Å². The molecule has 0 fully saturated rings. The van der Waals surface area contributed by atoms with E-state index in [0.717, 1.165) is 122 Å². The van der Waals surface area contributed by atoms with E-state index in [4.69, 9.17) is 18.9 Å². The fraction of sp³-hybridized carbons (Fsp3) is 0.662. The van der Waals surface area contributed by atoms with E-state index in [1.165, 1.54) is 128 Å². The number of allylic oxidation sites excluding steroid dienone is 24. The van der Waals surface area contributed by atoms with Crippen LogP contribution in [0.3, 0.4) is 0 Å². The minimum atomic E-state index is -1.63. The highest BCUT2D eigenvalue weighted by Crippen LogP contribution is 2.17. The van der Waals surface area contributed by atoms with Crippen LogP contribution in [0.5, 0.6) is 0 Å². The van der Waals surface area contributed by atoms with E-state index in [1.54, 1.807) is 0 Å². The Hall–Kier alpha value is -4.83. The van der Waals surface area contributed by atoms with Crippen LogP contribution in [0.2, 0.25) is 0 Å². The van der Waals surface area contributed by atoms with Gasteiger partial charge in [-0.2, -0.15) is 0 Å². The fourth-order valence-corrected chi connectivity index (χ4v) is 9.66. The molecular formula is C80H133NO8. The lowest BCUT2D eigenvalue weighted by Gasteiger charge is -2.26. The predicted molar refractivity (Wildman–Crippen MR) is 379 cm³/mol. The Morgan fingerprint density at radius 2 is 0.607 bits per heavy atom. The third kappa shape index (κ3) is 70.5. The molecule has 0 heterocycles. The molecule has 0 radical (unpaired) electrons. The largest absolute Gasteiger partial charge is 0.545 e. The molecule has 0 spiro atoms. The van der Waals surface area contributed by atoms with Gasteiger partial charge in [0.1, 0.15) is 13.2 Å². The first kappa shape index (κ1) is 84.2. The first-order valence-corrected chi connectivity index (χ1v) is 36.0. The van der Waals surface area contributed by atoms with Crippen molar-refractivity contribution in [1.29, 1.82) is 0 Å². The van der Waals surface area contributed by atoms with Gasteiger partial charge in [0.2, 0.25) is 0 Å². The molecule has 0 amide bonds. The van der Waals surface area contributed by atoms with Crippen LogP contribution < -0.4 is 5.11 Å². The van der Waals surface area contributed by atoms with Gasteiger partial charge in [0.05, 0.1) is 40.3 Å². The summed E-state index contributed by atoms with van der Waals surface area (Å²) in [5, 5.41) is 11.8. The number of nitrogens with zero attached hydrogens (tertiary/aromatic N) is 1. The van der Waals surface area contributed by atoms with E-state index in [2.05, 4.69) is 160 Å². The Morgan fingerprint density at radius 3 is 0.899 bits per heavy atom. The number of rotatable bonds is 65. The third-order valence-electron chi connectivity index (χ3n) is 15.1. The molecule has 2 unspecified atom stereocenters. The van der Waals surface area contributed by atoms with Crippen molar-refractivity contribution in [3.8, 4) is 0 Å². The summed E-state index contributed by atoms with van der Waals surface area (Å²) in [6, 6.07) is 0. The normalized spacial score (nSPS) is 13.6. The van der Waals surface area contributed by atoms with Gasteiger partial charge in [-0.3, -0.25) is 9.59 Å². The maximum Gasteiger partial charge on any atom is 0.306 e. The number of carbonyl (C=O) groups is 3. The molecule has 0 saturated carbocycles. The molecule has 0 saturated heterocycles. The molecule has 0 aliphatic rings. The van der Waals surface area contributed by atoms with Gasteiger partial charge in [-0.1, -0.05) is 301 Å². The zero-order valence-electron chi connectivity index (χ0n) is 57.8. The predicted octanol–water partition coefficient (Wildman–Crippen LogP) is 21.4. The zero-order valence-corrected chi connectivity index (χ0v) is 57.8. The van der Waals surface area contributed by atoms with Crippen molar-refractivity contribution < 1.29 is 42.9 Å². The van der Waals surface area contributed by atoms with E-state index in [1.807, 2.05) is 21.1 Å². The summed E-state index contributed by atoms with van der Waals surface area (Å²) < 4.78 is 22.8. The number of ether oxygens (including phenoxy) is 4. The first-order chi connectivity index (χ1) is 43.6. The van der Waals surface area contributed by atoms with E-state index in [0.29, 0.717) is 17.4 Å². The van der Waals surface area contributed by atoms with Crippen molar-refractivity contribution in [3.63, 3.8) is 0 Å². The van der Waals surface area contributed by atoms with Crippen molar-refractivity contribution in [1.82, 2.24) is 0 Å². The molecule has 9 heteroatoms. The van der Waals surface area contributed by atoms with Crippen LogP contribution in [0.15, 0.2) is 146 Å². The number of carbonyl (C=O) groups excluding carboxylic acids is 3. The van der Waals surface area contributed by atoms with Gasteiger partial charge in [-0.05, 0) is 116 Å². The monoisotopic (exact) mass is 1240 g/mol. The fourth-order valence-electron chi connectivity index (χ4n) is 9.66. The summed E-state index contributed by atoms with van der Waals surface area (Å²) in [6.07, 6.45) is 97.9. The van der Waals surface area contributed by atoms with Crippen LogP contribution in [0.4, 0.5) is 0 Å². The number of unbranched alkanes of at least 4 members (excludes halogenated alkanes) is 26. The molecule has 506 valence electrons. The Balaban J connectivity index is 4.13. The summed E-state index contributed by atoms with van der Waals surface area (Å²) in [4.78, 5) is 37.5.